The van der Waals surface area contributed by atoms with Crippen LogP contribution in [-0.4, -0.2) is 13.2 Å². The predicted octanol–water partition coefficient (Wildman–Crippen LogP) is 4.01. The second-order valence-corrected chi connectivity index (χ2v) is 5.59. The van der Waals surface area contributed by atoms with Crippen molar-refractivity contribution < 1.29 is 4.74 Å². The van der Waals surface area contributed by atoms with Gasteiger partial charge in [0.15, 0.2) is 0 Å². The van der Waals surface area contributed by atoms with Crippen molar-refractivity contribution in [2.24, 2.45) is 11.3 Å². The van der Waals surface area contributed by atoms with Crippen molar-refractivity contribution in [2.45, 2.75) is 39.2 Å². The van der Waals surface area contributed by atoms with Crippen LogP contribution in [0.15, 0.2) is 24.3 Å². The molecule has 1 aliphatic carbocycles. The van der Waals surface area contributed by atoms with Crippen LogP contribution in [0.25, 0.3) is 4.85 Å². The number of benzene rings is 1. The average molecular weight is 244 g/mol. The summed E-state index contributed by atoms with van der Waals surface area (Å²) in [7, 11) is 1.70. The van der Waals surface area contributed by atoms with Gasteiger partial charge in [-0.05, 0) is 37.0 Å². The zero-order valence-electron chi connectivity index (χ0n) is 11.5. The zero-order valence-corrected chi connectivity index (χ0v) is 11.5. The highest BCUT2D eigenvalue weighted by Crippen LogP contribution is 2.57. The van der Waals surface area contributed by atoms with Crippen molar-refractivity contribution in [1.82, 2.24) is 0 Å². The van der Waals surface area contributed by atoms with E-state index < -0.39 is 0 Å². The van der Waals surface area contributed by atoms with Gasteiger partial charge in [0.1, 0.15) is 5.75 Å². The summed E-state index contributed by atoms with van der Waals surface area (Å²) < 4.78 is 5.15. The molecule has 1 fully saturated rings. The van der Waals surface area contributed by atoms with E-state index in [0.717, 1.165) is 12.2 Å². The molecule has 0 spiro atoms. The smallest absolute Gasteiger partial charge is 0.281 e. The summed E-state index contributed by atoms with van der Waals surface area (Å²) in [5, 5.41) is 0. The minimum atomic E-state index is 0.335. The molecule has 1 aromatic carbocycles. The normalized spacial score (nSPS) is 29.7. The number of aryl methyl sites for hydroxylation is 1. The Labute approximate surface area is 110 Å². The molecule has 1 aliphatic rings. The summed E-state index contributed by atoms with van der Waals surface area (Å²) in [5.74, 6) is 1.56. The topological polar surface area (TPSA) is 13.6 Å². The van der Waals surface area contributed by atoms with Crippen molar-refractivity contribution >= 4 is 0 Å². The maximum Gasteiger partial charge on any atom is 0.281 e. The zero-order chi connectivity index (χ0) is 13.2. The lowest BCUT2D eigenvalue weighted by Gasteiger charge is -2.07. The number of hydrogen-bond acceptors (Lipinski definition) is 1. The molecule has 96 valence electrons. The second-order valence-electron chi connectivity index (χ2n) is 5.59. The Balaban J connectivity index is 1.81. The van der Waals surface area contributed by atoms with Crippen molar-refractivity contribution in [2.75, 3.05) is 7.11 Å². The van der Waals surface area contributed by atoms with Gasteiger partial charge in [0, 0.05) is 5.92 Å². The maximum absolute atomic E-state index is 5.43. The fourth-order valence-corrected chi connectivity index (χ4v) is 2.91. The quantitative estimate of drug-likeness (QED) is 0.763. The van der Waals surface area contributed by atoms with Crippen LogP contribution in [0.4, 0.5) is 0 Å². The molecule has 0 amide bonds. The molecule has 0 aromatic heterocycles. The lowest BCUT2D eigenvalue weighted by Crippen LogP contribution is -2.01. The minimum Gasteiger partial charge on any atom is -0.497 e. The average Bonchev–Trinajstić information content (AvgIpc) is 2.91. The van der Waals surface area contributed by atoms with E-state index in [9.17, 15) is 0 Å². The Hall–Kier alpha value is -1.49. The van der Waals surface area contributed by atoms with E-state index in [4.69, 9.17) is 11.3 Å². The Morgan fingerprint density at radius 3 is 2.50 bits per heavy atom. The summed E-state index contributed by atoms with van der Waals surface area (Å²) >= 11 is 0. The van der Waals surface area contributed by atoms with Crippen LogP contribution >= 0.6 is 0 Å². The number of hydrogen-bond donors (Lipinski definition) is 0. The van der Waals surface area contributed by atoms with E-state index >= 15 is 0 Å². The first-order valence-corrected chi connectivity index (χ1v) is 6.65. The van der Waals surface area contributed by atoms with Gasteiger partial charge in [-0.3, -0.25) is 0 Å². The van der Waals surface area contributed by atoms with Gasteiger partial charge in [0.2, 0.25) is 0 Å². The molecule has 3 atom stereocenters. The Bertz CT molecular complexity index is 445. The number of ether oxygens (including phenoxy) is 1. The van der Waals surface area contributed by atoms with Crippen molar-refractivity contribution in [3.05, 3.63) is 34.7 Å². The molecule has 2 rings (SSSR count). The highest BCUT2D eigenvalue weighted by atomic mass is 16.5. The summed E-state index contributed by atoms with van der Waals surface area (Å²) in [6.45, 7) is 9.97. The van der Waals surface area contributed by atoms with Gasteiger partial charge < -0.3 is 4.74 Å². The van der Waals surface area contributed by atoms with Gasteiger partial charge >= 0.3 is 0 Å². The molecule has 0 bridgehead atoms. The number of rotatable bonds is 5. The third-order valence-electron chi connectivity index (χ3n) is 4.58. The Kier molecular flexibility index (Phi) is 3.61. The maximum atomic E-state index is 5.43. The monoisotopic (exact) mass is 244 g/mol. The lowest BCUT2D eigenvalue weighted by molar-refractivity contribution is 0.414. The molecule has 1 aromatic rings. The molecular formula is C16H22NO+. The van der Waals surface area contributed by atoms with Crippen LogP contribution in [-0.2, 0) is 6.42 Å². The van der Waals surface area contributed by atoms with E-state index in [1.54, 1.807) is 7.11 Å². The first-order valence-electron chi connectivity index (χ1n) is 6.65. The molecule has 1 unspecified atom stereocenters. The summed E-state index contributed by atoms with van der Waals surface area (Å²) in [6, 6.07) is 8.70. The molecule has 0 saturated heterocycles. The molecule has 0 aliphatic heterocycles. The molecule has 0 N–H and O–H groups in total. The van der Waals surface area contributed by atoms with Crippen LogP contribution in [0.1, 0.15) is 32.3 Å². The summed E-state index contributed by atoms with van der Waals surface area (Å²) in [5.41, 5.74) is 1.70. The fraction of sp³-hybridized carbons (Fsp3) is 0.562. The molecular weight excluding hydrogens is 222 g/mol. The molecule has 18 heavy (non-hydrogen) atoms. The largest absolute Gasteiger partial charge is 0.497 e. The molecule has 2 nitrogen and oxygen atoms in total. The predicted molar refractivity (Wildman–Crippen MR) is 75.3 cm³/mol. The summed E-state index contributed by atoms with van der Waals surface area (Å²) in [4.78, 5) is 3.97. The van der Waals surface area contributed by atoms with E-state index in [1.807, 2.05) is 12.1 Å². The van der Waals surface area contributed by atoms with Crippen molar-refractivity contribution in [3.63, 3.8) is 0 Å². The SMILES string of the molecule is C#[N+][C@H]1[C@@H](C)C1(C)CCCc1ccc(OC)cc1. The third kappa shape index (κ3) is 2.36. The molecule has 0 radical (unpaired) electrons. The van der Waals surface area contributed by atoms with E-state index in [-0.39, 0.29) is 0 Å². The third-order valence-corrected chi connectivity index (χ3v) is 4.58. The fourth-order valence-electron chi connectivity index (χ4n) is 2.91. The van der Waals surface area contributed by atoms with E-state index in [0.29, 0.717) is 17.4 Å². The van der Waals surface area contributed by atoms with Gasteiger partial charge in [-0.15, -0.1) is 0 Å². The van der Waals surface area contributed by atoms with Crippen molar-refractivity contribution in [3.8, 4) is 12.3 Å². The lowest BCUT2D eigenvalue weighted by atomic mass is 9.96. The first kappa shape index (κ1) is 13.0. The second kappa shape index (κ2) is 5.02. The van der Waals surface area contributed by atoms with E-state index in [2.05, 4.69) is 30.8 Å². The Morgan fingerprint density at radius 1 is 1.33 bits per heavy atom. The highest BCUT2D eigenvalue weighted by Gasteiger charge is 2.67. The van der Waals surface area contributed by atoms with Gasteiger partial charge in [0.25, 0.3) is 12.6 Å². The van der Waals surface area contributed by atoms with Gasteiger partial charge in [-0.1, -0.05) is 30.8 Å². The molecule has 0 heterocycles. The summed E-state index contributed by atoms with van der Waals surface area (Å²) in [6.07, 6.45) is 3.51. The Morgan fingerprint density at radius 2 is 2.00 bits per heavy atom. The standard InChI is InChI=1S/C16H22NO/c1-12-15(17-3)16(12,2)11-5-6-13-7-9-14(18-4)10-8-13/h3,7-10,12,15H,5-6,11H2,1-2,4H3/q+1/t12-,15+,16?/m1/s1. The molecule has 2 heteroatoms. The van der Waals surface area contributed by atoms with E-state index in [1.165, 1.54) is 18.4 Å². The van der Waals surface area contributed by atoms with Crippen molar-refractivity contribution in [1.29, 1.82) is 0 Å². The minimum absolute atomic E-state index is 0.335. The van der Waals surface area contributed by atoms with Crippen LogP contribution in [0.3, 0.4) is 0 Å². The van der Waals surface area contributed by atoms with Crippen LogP contribution in [0.5, 0.6) is 5.75 Å². The number of methoxy groups -OCH3 is 1. The van der Waals surface area contributed by atoms with Crippen LogP contribution in [0.2, 0.25) is 0 Å². The van der Waals surface area contributed by atoms with Crippen LogP contribution in [0, 0.1) is 17.9 Å². The highest BCUT2D eigenvalue weighted by molar-refractivity contribution is 5.27. The first-order chi connectivity index (χ1) is 8.61. The van der Waals surface area contributed by atoms with Crippen LogP contribution < -0.4 is 4.74 Å². The van der Waals surface area contributed by atoms with Gasteiger partial charge in [-0.2, -0.15) is 0 Å². The van der Waals surface area contributed by atoms with Gasteiger partial charge in [0.05, 0.1) is 12.5 Å². The van der Waals surface area contributed by atoms with Gasteiger partial charge in [-0.25, -0.2) is 0 Å². The molecule has 1 saturated carbocycles. The number of nitrogens with zero attached hydrogens (tertiary/aromatic N) is 1.